The zero-order valence-electron chi connectivity index (χ0n) is 23.7. The van der Waals surface area contributed by atoms with Crippen molar-refractivity contribution < 1.29 is 9.59 Å². The number of hydrogen-bond acceptors (Lipinski definition) is 7. The Kier molecular flexibility index (Phi) is 8.79. The maximum absolute atomic E-state index is 13.0. The van der Waals surface area contributed by atoms with Gasteiger partial charge in [0.25, 0.3) is 11.8 Å². The number of carbonyl (C=O) groups excluding carboxylic acids is 2. The van der Waals surface area contributed by atoms with Crippen molar-refractivity contribution in [2.45, 2.75) is 31.7 Å². The van der Waals surface area contributed by atoms with E-state index in [-0.39, 0.29) is 17.9 Å². The summed E-state index contributed by atoms with van der Waals surface area (Å²) in [4.78, 5) is 44.5. The van der Waals surface area contributed by atoms with E-state index in [1.54, 1.807) is 48.5 Å². The average Bonchev–Trinajstić information content (AvgIpc) is 3.02. The molecular weight excluding hydrogens is 597 g/mol. The summed E-state index contributed by atoms with van der Waals surface area (Å²) in [5, 5.41) is 7.07. The second kappa shape index (κ2) is 13.1. The highest BCUT2D eigenvalue weighted by atomic mass is 35.5. The van der Waals surface area contributed by atoms with E-state index in [4.69, 9.17) is 28.9 Å². The molecule has 2 aromatic heterocycles. The lowest BCUT2D eigenvalue weighted by molar-refractivity contribution is 0.0947. The molecule has 0 saturated heterocycles. The zero-order valence-corrected chi connectivity index (χ0v) is 25.2. The molecule has 4 aromatic carbocycles. The quantitative estimate of drug-likeness (QED) is 0.121. The third-order valence-corrected chi connectivity index (χ3v) is 7.88. The molecule has 222 valence electrons. The molecule has 0 radical (unpaired) electrons. The number of halogens is 2. The number of para-hydroxylation sites is 2. The molecule has 0 atom stereocenters. The largest absolute Gasteiger partial charge is 0.352 e. The van der Waals surface area contributed by atoms with Crippen LogP contribution in [0.2, 0.25) is 10.0 Å². The SMILES string of the molecule is NC(CCCNC(=O)c1cccc2nc3ccc(Cl)cc3nc12)CCCNC(=O)c1cccc2nc3ccc(Cl)cc3nc12. The molecule has 0 fully saturated rings. The monoisotopic (exact) mass is 625 g/mol. The Morgan fingerprint density at radius 2 is 1.07 bits per heavy atom. The van der Waals surface area contributed by atoms with Gasteiger partial charge in [-0.3, -0.25) is 9.59 Å². The fraction of sp³-hybridized carbons (Fsp3) is 0.212. The summed E-state index contributed by atoms with van der Waals surface area (Å²) in [5.74, 6) is -0.423. The van der Waals surface area contributed by atoms with Crippen LogP contribution in [0.5, 0.6) is 0 Å². The number of nitrogens with two attached hydrogens (primary N) is 1. The molecule has 0 spiro atoms. The van der Waals surface area contributed by atoms with E-state index in [9.17, 15) is 9.59 Å². The van der Waals surface area contributed by atoms with Gasteiger partial charge in [-0.15, -0.1) is 0 Å². The Balaban J connectivity index is 0.966. The first-order valence-electron chi connectivity index (χ1n) is 14.4. The molecule has 0 aliphatic carbocycles. The Labute approximate surface area is 263 Å². The number of nitrogens with one attached hydrogen (secondary N) is 2. The lowest BCUT2D eigenvalue weighted by atomic mass is 10.1. The summed E-state index contributed by atoms with van der Waals surface area (Å²) in [6, 6.07) is 21.3. The molecule has 44 heavy (non-hydrogen) atoms. The minimum absolute atomic E-state index is 0.0529. The number of nitrogens with zero attached hydrogens (tertiary/aromatic N) is 4. The van der Waals surface area contributed by atoms with E-state index in [2.05, 4.69) is 30.6 Å². The van der Waals surface area contributed by atoms with Crippen LogP contribution in [-0.2, 0) is 0 Å². The highest BCUT2D eigenvalue weighted by Crippen LogP contribution is 2.23. The molecule has 0 aliphatic heterocycles. The fourth-order valence-electron chi connectivity index (χ4n) is 5.17. The highest BCUT2D eigenvalue weighted by Gasteiger charge is 2.15. The van der Waals surface area contributed by atoms with Gasteiger partial charge in [0, 0.05) is 29.2 Å². The van der Waals surface area contributed by atoms with E-state index in [0.717, 1.165) is 36.7 Å². The number of rotatable bonds is 10. The predicted molar refractivity (Wildman–Crippen MR) is 175 cm³/mol. The molecule has 11 heteroatoms. The molecule has 0 unspecified atom stereocenters. The third-order valence-electron chi connectivity index (χ3n) is 7.41. The van der Waals surface area contributed by atoms with Crippen LogP contribution in [-0.4, -0.2) is 50.9 Å². The fourth-order valence-corrected chi connectivity index (χ4v) is 5.51. The minimum atomic E-state index is -0.211. The topological polar surface area (TPSA) is 136 Å². The van der Waals surface area contributed by atoms with Crippen molar-refractivity contribution in [1.82, 2.24) is 30.6 Å². The van der Waals surface area contributed by atoms with Crippen LogP contribution < -0.4 is 16.4 Å². The van der Waals surface area contributed by atoms with Gasteiger partial charge < -0.3 is 16.4 Å². The van der Waals surface area contributed by atoms with Crippen molar-refractivity contribution >= 4 is 79.1 Å². The summed E-state index contributed by atoms with van der Waals surface area (Å²) >= 11 is 12.2. The third kappa shape index (κ3) is 6.55. The standard InChI is InChI=1S/C33H29Cl2N7O2/c34-19-11-13-24-28(17-19)41-30-22(7-1-9-26(30)39-24)32(43)37-15-3-5-21(36)6-4-16-38-33(44)23-8-2-10-27-31(23)42-29-18-20(35)12-14-25(29)40-27/h1-2,7-14,17-18,21H,3-6,15-16,36H2,(H,37,43)(H,38,44). The Morgan fingerprint density at radius 1 is 0.614 bits per heavy atom. The lowest BCUT2D eigenvalue weighted by Crippen LogP contribution is -2.29. The van der Waals surface area contributed by atoms with Crippen LogP contribution in [0.3, 0.4) is 0 Å². The van der Waals surface area contributed by atoms with Gasteiger partial charge in [0.1, 0.15) is 11.0 Å². The van der Waals surface area contributed by atoms with E-state index >= 15 is 0 Å². The number of amides is 2. The minimum Gasteiger partial charge on any atom is -0.352 e. The number of benzene rings is 4. The smallest absolute Gasteiger partial charge is 0.253 e. The van der Waals surface area contributed by atoms with Crippen molar-refractivity contribution in [2.24, 2.45) is 5.73 Å². The van der Waals surface area contributed by atoms with Crippen molar-refractivity contribution in [3.8, 4) is 0 Å². The first-order valence-corrected chi connectivity index (χ1v) is 15.2. The summed E-state index contributed by atoms with van der Waals surface area (Å²) in [5.41, 5.74) is 12.3. The van der Waals surface area contributed by atoms with E-state index in [1.807, 2.05) is 24.3 Å². The van der Waals surface area contributed by atoms with E-state index < -0.39 is 0 Å². The maximum atomic E-state index is 13.0. The first-order chi connectivity index (χ1) is 21.4. The molecule has 4 N–H and O–H groups in total. The average molecular weight is 627 g/mol. The number of hydrogen-bond donors (Lipinski definition) is 3. The van der Waals surface area contributed by atoms with Gasteiger partial charge in [0.05, 0.1) is 44.2 Å². The van der Waals surface area contributed by atoms with Crippen LogP contribution in [0.1, 0.15) is 46.4 Å². The van der Waals surface area contributed by atoms with Crippen molar-refractivity contribution in [3.05, 3.63) is 94.0 Å². The number of aromatic nitrogens is 4. The summed E-state index contributed by atoms with van der Waals surface area (Å²) in [6.07, 6.45) is 2.92. The molecular formula is C33H29Cl2N7O2. The lowest BCUT2D eigenvalue weighted by Gasteiger charge is -2.13. The molecule has 2 heterocycles. The second-order valence-corrected chi connectivity index (χ2v) is 11.5. The Morgan fingerprint density at radius 3 is 1.52 bits per heavy atom. The van der Waals surface area contributed by atoms with Crippen LogP contribution in [0.15, 0.2) is 72.8 Å². The van der Waals surface area contributed by atoms with Crippen molar-refractivity contribution in [3.63, 3.8) is 0 Å². The van der Waals surface area contributed by atoms with E-state index in [0.29, 0.717) is 67.4 Å². The van der Waals surface area contributed by atoms with Gasteiger partial charge in [0.15, 0.2) is 0 Å². The van der Waals surface area contributed by atoms with Crippen LogP contribution in [0.4, 0.5) is 0 Å². The normalized spacial score (nSPS) is 11.5. The molecule has 2 amide bonds. The van der Waals surface area contributed by atoms with Gasteiger partial charge in [0.2, 0.25) is 0 Å². The summed E-state index contributed by atoms with van der Waals surface area (Å²) < 4.78 is 0. The van der Waals surface area contributed by atoms with Crippen molar-refractivity contribution in [1.29, 1.82) is 0 Å². The Bertz CT molecular complexity index is 1890. The van der Waals surface area contributed by atoms with Crippen molar-refractivity contribution in [2.75, 3.05) is 13.1 Å². The predicted octanol–water partition coefficient (Wildman–Crippen LogP) is 6.23. The highest BCUT2D eigenvalue weighted by molar-refractivity contribution is 6.31. The Hall–Kier alpha value is -4.44. The van der Waals surface area contributed by atoms with Gasteiger partial charge in [-0.25, -0.2) is 19.9 Å². The number of fused-ring (bicyclic) bond motifs is 4. The molecule has 0 saturated carbocycles. The van der Waals surface area contributed by atoms with Crippen LogP contribution >= 0.6 is 23.2 Å². The van der Waals surface area contributed by atoms with Gasteiger partial charge >= 0.3 is 0 Å². The summed E-state index contributed by atoms with van der Waals surface area (Å²) in [7, 11) is 0. The van der Waals surface area contributed by atoms with Gasteiger partial charge in [-0.1, -0.05) is 35.3 Å². The maximum Gasteiger partial charge on any atom is 0.253 e. The molecule has 9 nitrogen and oxygen atoms in total. The van der Waals surface area contributed by atoms with Crippen LogP contribution in [0, 0.1) is 0 Å². The van der Waals surface area contributed by atoms with E-state index in [1.165, 1.54) is 0 Å². The molecule has 6 aromatic rings. The first kappa shape index (κ1) is 29.6. The number of carbonyl (C=O) groups is 2. The molecule has 0 aliphatic rings. The molecule has 6 rings (SSSR count). The van der Waals surface area contributed by atoms with Gasteiger partial charge in [-0.2, -0.15) is 0 Å². The molecule has 0 bridgehead atoms. The zero-order chi connectivity index (χ0) is 30.6. The van der Waals surface area contributed by atoms with Crippen LogP contribution in [0.25, 0.3) is 44.1 Å². The van der Waals surface area contributed by atoms with Gasteiger partial charge in [-0.05, 0) is 86.3 Å². The second-order valence-electron chi connectivity index (χ2n) is 10.6. The summed E-state index contributed by atoms with van der Waals surface area (Å²) in [6.45, 7) is 0.961.